The van der Waals surface area contributed by atoms with Crippen molar-refractivity contribution in [2.24, 2.45) is 5.92 Å². The first kappa shape index (κ1) is 11.9. The predicted molar refractivity (Wildman–Crippen MR) is 64.5 cm³/mol. The first-order chi connectivity index (χ1) is 7.72. The SMILES string of the molecule is CCOC(C1CC1)C(O)c1ccc(Cl)cc1. The lowest BCUT2D eigenvalue weighted by Crippen LogP contribution is -2.24. The average molecular weight is 241 g/mol. The van der Waals surface area contributed by atoms with Crippen molar-refractivity contribution in [1.82, 2.24) is 0 Å². The van der Waals surface area contributed by atoms with Crippen molar-refractivity contribution in [3.8, 4) is 0 Å². The molecule has 1 N–H and O–H groups in total. The highest BCUT2D eigenvalue weighted by Gasteiger charge is 2.37. The number of halogens is 1. The van der Waals surface area contributed by atoms with Gasteiger partial charge in [0, 0.05) is 11.6 Å². The second-order valence-corrected chi connectivity index (χ2v) is 4.69. The summed E-state index contributed by atoms with van der Waals surface area (Å²) in [6, 6.07) is 7.33. The van der Waals surface area contributed by atoms with E-state index in [1.54, 1.807) is 12.1 Å². The van der Waals surface area contributed by atoms with Gasteiger partial charge in [-0.25, -0.2) is 0 Å². The molecule has 2 rings (SSSR count). The van der Waals surface area contributed by atoms with E-state index in [2.05, 4.69) is 0 Å². The normalized spacial score (nSPS) is 19.4. The molecule has 2 atom stereocenters. The molecule has 1 aliphatic rings. The standard InChI is InChI=1S/C13H17ClO2/c1-2-16-13(10-3-4-10)12(15)9-5-7-11(14)8-6-9/h5-8,10,12-13,15H,2-4H2,1H3. The number of hydrogen-bond donors (Lipinski definition) is 1. The lowest BCUT2D eigenvalue weighted by molar-refractivity contribution is -0.0461. The van der Waals surface area contributed by atoms with Crippen molar-refractivity contribution in [2.45, 2.75) is 32.0 Å². The molecule has 0 spiro atoms. The van der Waals surface area contributed by atoms with E-state index in [1.807, 2.05) is 19.1 Å². The van der Waals surface area contributed by atoms with Crippen LogP contribution in [-0.4, -0.2) is 17.8 Å². The number of aliphatic hydroxyl groups is 1. The molecule has 0 heterocycles. The van der Waals surface area contributed by atoms with Gasteiger partial charge in [0.15, 0.2) is 0 Å². The van der Waals surface area contributed by atoms with E-state index in [0.717, 1.165) is 18.4 Å². The van der Waals surface area contributed by atoms with Gasteiger partial charge in [-0.3, -0.25) is 0 Å². The highest BCUT2D eigenvalue weighted by Crippen LogP contribution is 2.40. The monoisotopic (exact) mass is 240 g/mol. The van der Waals surface area contributed by atoms with Crippen molar-refractivity contribution in [2.75, 3.05) is 6.61 Å². The van der Waals surface area contributed by atoms with Crippen LogP contribution in [0.25, 0.3) is 0 Å². The minimum atomic E-state index is -0.537. The van der Waals surface area contributed by atoms with Crippen LogP contribution in [0.15, 0.2) is 24.3 Å². The molecule has 1 aliphatic carbocycles. The predicted octanol–water partition coefficient (Wildman–Crippen LogP) is 3.19. The van der Waals surface area contributed by atoms with Crippen molar-refractivity contribution < 1.29 is 9.84 Å². The first-order valence-electron chi connectivity index (χ1n) is 5.77. The van der Waals surface area contributed by atoms with Crippen molar-refractivity contribution >= 4 is 11.6 Å². The Morgan fingerprint density at radius 3 is 2.50 bits per heavy atom. The van der Waals surface area contributed by atoms with Gasteiger partial charge in [-0.1, -0.05) is 23.7 Å². The summed E-state index contributed by atoms with van der Waals surface area (Å²) in [5, 5.41) is 10.9. The van der Waals surface area contributed by atoms with E-state index in [-0.39, 0.29) is 6.10 Å². The molecule has 0 radical (unpaired) electrons. The van der Waals surface area contributed by atoms with Gasteiger partial charge >= 0.3 is 0 Å². The summed E-state index contributed by atoms with van der Waals surface area (Å²) in [5.41, 5.74) is 0.884. The molecule has 0 aromatic heterocycles. The van der Waals surface area contributed by atoms with Gasteiger partial charge in [0.05, 0.1) is 6.10 Å². The van der Waals surface area contributed by atoms with Gasteiger partial charge in [0.25, 0.3) is 0 Å². The zero-order valence-electron chi connectivity index (χ0n) is 9.40. The van der Waals surface area contributed by atoms with Crippen LogP contribution in [0.4, 0.5) is 0 Å². The van der Waals surface area contributed by atoms with E-state index in [0.29, 0.717) is 17.5 Å². The smallest absolute Gasteiger partial charge is 0.105 e. The maximum absolute atomic E-state index is 10.2. The second-order valence-electron chi connectivity index (χ2n) is 4.25. The largest absolute Gasteiger partial charge is 0.386 e. The Balaban J connectivity index is 2.08. The van der Waals surface area contributed by atoms with Gasteiger partial charge in [-0.2, -0.15) is 0 Å². The quantitative estimate of drug-likeness (QED) is 0.857. The number of ether oxygens (including phenoxy) is 1. The third kappa shape index (κ3) is 2.76. The van der Waals surface area contributed by atoms with Gasteiger partial charge in [-0.15, -0.1) is 0 Å². The highest BCUT2D eigenvalue weighted by molar-refractivity contribution is 6.30. The fourth-order valence-corrected chi connectivity index (χ4v) is 2.08. The molecule has 0 aliphatic heterocycles. The average Bonchev–Trinajstić information content (AvgIpc) is 3.10. The summed E-state index contributed by atoms with van der Waals surface area (Å²) in [4.78, 5) is 0. The van der Waals surface area contributed by atoms with Crippen molar-refractivity contribution in [3.63, 3.8) is 0 Å². The molecule has 0 bridgehead atoms. The molecular weight excluding hydrogens is 224 g/mol. The van der Waals surface area contributed by atoms with E-state index in [4.69, 9.17) is 16.3 Å². The Bertz CT molecular complexity index is 332. The molecule has 1 aromatic carbocycles. The Morgan fingerprint density at radius 1 is 1.38 bits per heavy atom. The maximum atomic E-state index is 10.2. The summed E-state index contributed by atoms with van der Waals surface area (Å²) < 4.78 is 5.63. The number of aliphatic hydroxyl groups excluding tert-OH is 1. The maximum Gasteiger partial charge on any atom is 0.105 e. The Kier molecular flexibility index (Phi) is 3.85. The third-order valence-electron chi connectivity index (χ3n) is 2.97. The first-order valence-corrected chi connectivity index (χ1v) is 6.15. The summed E-state index contributed by atoms with van der Waals surface area (Å²) in [6.45, 7) is 2.61. The number of benzene rings is 1. The van der Waals surface area contributed by atoms with Gasteiger partial charge in [-0.05, 0) is 43.4 Å². The molecule has 0 amide bonds. The number of rotatable bonds is 5. The lowest BCUT2D eigenvalue weighted by Gasteiger charge is -2.23. The van der Waals surface area contributed by atoms with Crippen LogP contribution in [0.5, 0.6) is 0 Å². The molecule has 1 saturated carbocycles. The Labute approximate surface area is 101 Å². The third-order valence-corrected chi connectivity index (χ3v) is 3.22. The van der Waals surface area contributed by atoms with Crippen LogP contribution in [0.2, 0.25) is 5.02 Å². The van der Waals surface area contributed by atoms with Crippen LogP contribution in [-0.2, 0) is 4.74 Å². The Morgan fingerprint density at radius 2 is 2.00 bits per heavy atom. The van der Waals surface area contributed by atoms with Gasteiger partial charge in [0.2, 0.25) is 0 Å². The van der Waals surface area contributed by atoms with Crippen LogP contribution >= 0.6 is 11.6 Å². The van der Waals surface area contributed by atoms with E-state index < -0.39 is 6.10 Å². The van der Waals surface area contributed by atoms with E-state index in [1.165, 1.54) is 0 Å². The minimum Gasteiger partial charge on any atom is -0.386 e. The van der Waals surface area contributed by atoms with Crippen LogP contribution < -0.4 is 0 Å². The van der Waals surface area contributed by atoms with E-state index in [9.17, 15) is 5.11 Å². The topological polar surface area (TPSA) is 29.5 Å². The fourth-order valence-electron chi connectivity index (χ4n) is 1.95. The summed E-state index contributed by atoms with van der Waals surface area (Å²) in [5.74, 6) is 0.519. The molecule has 2 unspecified atom stereocenters. The molecule has 1 aromatic rings. The zero-order chi connectivity index (χ0) is 11.5. The molecule has 16 heavy (non-hydrogen) atoms. The number of hydrogen-bond acceptors (Lipinski definition) is 2. The van der Waals surface area contributed by atoms with Crippen LogP contribution in [0.1, 0.15) is 31.4 Å². The molecule has 1 fully saturated rings. The lowest BCUT2D eigenvalue weighted by atomic mass is 10.0. The van der Waals surface area contributed by atoms with E-state index >= 15 is 0 Å². The summed E-state index contributed by atoms with van der Waals surface area (Å²) in [7, 11) is 0. The molecule has 0 saturated heterocycles. The summed E-state index contributed by atoms with van der Waals surface area (Å²) >= 11 is 5.82. The highest BCUT2D eigenvalue weighted by atomic mass is 35.5. The van der Waals surface area contributed by atoms with Gasteiger partial charge in [0.1, 0.15) is 6.10 Å². The van der Waals surface area contributed by atoms with Crippen molar-refractivity contribution in [1.29, 1.82) is 0 Å². The zero-order valence-corrected chi connectivity index (χ0v) is 10.2. The molecule has 3 heteroatoms. The van der Waals surface area contributed by atoms with Crippen LogP contribution in [0.3, 0.4) is 0 Å². The second kappa shape index (κ2) is 5.17. The Hall–Kier alpha value is -0.570. The molecule has 2 nitrogen and oxygen atoms in total. The molecular formula is C13H17ClO2. The van der Waals surface area contributed by atoms with Gasteiger partial charge < -0.3 is 9.84 Å². The minimum absolute atomic E-state index is 0.0637. The summed E-state index contributed by atoms with van der Waals surface area (Å²) in [6.07, 6.45) is 1.72. The molecule has 88 valence electrons. The van der Waals surface area contributed by atoms with Crippen LogP contribution in [0, 0.1) is 5.92 Å². The van der Waals surface area contributed by atoms with Crippen molar-refractivity contribution in [3.05, 3.63) is 34.9 Å². The fraction of sp³-hybridized carbons (Fsp3) is 0.538.